The molecule has 0 unspecified atom stereocenters. The van der Waals surface area contributed by atoms with Crippen molar-refractivity contribution in [2.75, 3.05) is 24.2 Å². The Kier molecular flexibility index (Phi) is 4.29. The van der Waals surface area contributed by atoms with Gasteiger partial charge in [-0.05, 0) is 18.8 Å². The normalized spacial score (nSPS) is 17.3. The largest absolute Gasteiger partial charge is 0.356 e. The fourth-order valence-electron chi connectivity index (χ4n) is 2.97. The number of aromatic nitrogens is 3. The van der Waals surface area contributed by atoms with Crippen molar-refractivity contribution in [3.8, 4) is 0 Å². The summed E-state index contributed by atoms with van der Waals surface area (Å²) in [6, 6.07) is 4.02. The second kappa shape index (κ2) is 6.09. The first kappa shape index (κ1) is 16.2. The maximum atomic E-state index is 11.4. The van der Waals surface area contributed by atoms with Gasteiger partial charge in [-0.2, -0.15) is 9.61 Å². The Morgan fingerprint density at radius 2 is 2.00 bits per heavy atom. The number of rotatable bonds is 4. The van der Waals surface area contributed by atoms with Crippen molar-refractivity contribution < 1.29 is 8.42 Å². The van der Waals surface area contributed by atoms with Crippen molar-refractivity contribution in [1.29, 1.82) is 0 Å². The molecule has 8 heteroatoms. The molecule has 0 radical (unpaired) electrons. The summed E-state index contributed by atoms with van der Waals surface area (Å²) in [6.07, 6.45) is 4.54. The third-order valence-electron chi connectivity index (χ3n) is 4.15. The fourth-order valence-corrected chi connectivity index (χ4v) is 3.81. The lowest BCUT2D eigenvalue weighted by Gasteiger charge is -2.33. The van der Waals surface area contributed by atoms with E-state index in [1.807, 2.05) is 10.6 Å². The summed E-state index contributed by atoms with van der Waals surface area (Å²) < 4.78 is 27.3. The highest BCUT2D eigenvalue weighted by atomic mass is 32.2. The SMILES string of the molecule is CC(C)c1cc(N2CCC(NS(C)(=O)=O)CC2)n2nccc2n1. The lowest BCUT2D eigenvalue weighted by atomic mass is 10.1. The van der Waals surface area contributed by atoms with Gasteiger partial charge in [0.1, 0.15) is 5.82 Å². The van der Waals surface area contributed by atoms with Crippen molar-refractivity contribution in [3.05, 3.63) is 24.0 Å². The highest BCUT2D eigenvalue weighted by molar-refractivity contribution is 7.88. The number of anilines is 1. The highest BCUT2D eigenvalue weighted by Crippen LogP contribution is 2.24. The zero-order valence-electron chi connectivity index (χ0n) is 13.7. The van der Waals surface area contributed by atoms with E-state index in [4.69, 9.17) is 0 Å². The minimum Gasteiger partial charge on any atom is -0.356 e. The average Bonchev–Trinajstić information content (AvgIpc) is 2.93. The molecule has 126 valence electrons. The number of fused-ring (bicyclic) bond motifs is 1. The molecule has 2 aromatic rings. The first-order valence-electron chi connectivity index (χ1n) is 7.90. The van der Waals surface area contributed by atoms with Gasteiger partial charge >= 0.3 is 0 Å². The van der Waals surface area contributed by atoms with E-state index in [9.17, 15) is 8.42 Å². The third-order valence-corrected chi connectivity index (χ3v) is 4.91. The smallest absolute Gasteiger partial charge is 0.208 e. The minimum atomic E-state index is -3.15. The van der Waals surface area contributed by atoms with Gasteiger partial charge in [0, 0.05) is 37.0 Å². The summed E-state index contributed by atoms with van der Waals surface area (Å²) in [4.78, 5) is 6.89. The first-order chi connectivity index (χ1) is 10.8. The molecule has 1 aliphatic heterocycles. The Morgan fingerprint density at radius 1 is 1.30 bits per heavy atom. The summed E-state index contributed by atoms with van der Waals surface area (Å²) in [5.41, 5.74) is 1.90. The Morgan fingerprint density at radius 3 is 2.61 bits per heavy atom. The van der Waals surface area contributed by atoms with E-state index >= 15 is 0 Å². The van der Waals surface area contributed by atoms with Crippen LogP contribution in [0.2, 0.25) is 0 Å². The Hall–Kier alpha value is -1.67. The van der Waals surface area contributed by atoms with E-state index in [-0.39, 0.29) is 6.04 Å². The molecule has 2 aromatic heterocycles. The zero-order chi connectivity index (χ0) is 16.6. The lowest BCUT2D eigenvalue weighted by Crippen LogP contribution is -2.44. The standard InChI is InChI=1S/C15H23N5O2S/c1-11(2)13-10-15(20-14(17-13)4-7-16-20)19-8-5-12(6-9-19)18-23(3,21)22/h4,7,10-12,18H,5-6,8-9H2,1-3H3. The molecule has 1 aliphatic rings. The molecule has 1 saturated heterocycles. The van der Waals surface area contributed by atoms with Gasteiger partial charge in [0.15, 0.2) is 5.65 Å². The van der Waals surface area contributed by atoms with Crippen LogP contribution < -0.4 is 9.62 Å². The van der Waals surface area contributed by atoms with Gasteiger partial charge in [-0.25, -0.2) is 18.1 Å². The molecule has 3 heterocycles. The number of hydrogen-bond donors (Lipinski definition) is 1. The summed E-state index contributed by atoms with van der Waals surface area (Å²) in [7, 11) is -3.15. The van der Waals surface area contributed by atoms with Gasteiger partial charge in [0.2, 0.25) is 10.0 Å². The molecule has 0 aliphatic carbocycles. The molecular weight excluding hydrogens is 314 g/mol. The van der Waals surface area contributed by atoms with Crippen LogP contribution in [0, 0.1) is 0 Å². The van der Waals surface area contributed by atoms with E-state index < -0.39 is 10.0 Å². The molecule has 0 atom stereocenters. The van der Waals surface area contributed by atoms with Crippen LogP contribution >= 0.6 is 0 Å². The molecule has 0 spiro atoms. The zero-order valence-corrected chi connectivity index (χ0v) is 14.5. The van der Waals surface area contributed by atoms with E-state index in [2.05, 4.69) is 39.6 Å². The maximum Gasteiger partial charge on any atom is 0.208 e. The van der Waals surface area contributed by atoms with Gasteiger partial charge in [-0.3, -0.25) is 0 Å². The van der Waals surface area contributed by atoms with Crippen molar-refractivity contribution in [1.82, 2.24) is 19.3 Å². The number of hydrogen-bond acceptors (Lipinski definition) is 5. The molecule has 0 amide bonds. The van der Waals surface area contributed by atoms with Crippen molar-refractivity contribution in [2.24, 2.45) is 0 Å². The predicted molar refractivity (Wildman–Crippen MR) is 90.3 cm³/mol. The molecule has 7 nitrogen and oxygen atoms in total. The quantitative estimate of drug-likeness (QED) is 0.911. The Bertz CT molecular complexity index is 791. The Balaban J connectivity index is 1.83. The van der Waals surface area contributed by atoms with Crippen LogP contribution in [0.4, 0.5) is 5.82 Å². The van der Waals surface area contributed by atoms with E-state index in [0.717, 1.165) is 43.1 Å². The lowest BCUT2D eigenvalue weighted by molar-refractivity contribution is 0.458. The summed E-state index contributed by atoms with van der Waals surface area (Å²) in [5.74, 6) is 1.37. The predicted octanol–water partition coefficient (Wildman–Crippen LogP) is 1.37. The molecular formula is C15H23N5O2S. The van der Waals surface area contributed by atoms with Gasteiger partial charge in [0.05, 0.1) is 12.5 Å². The van der Waals surface area contributed by atoms with E-state index in [1.165, 1.54) is 6.26 Å². The van der Waals surface area contributed by atoms with Crippen LogP contribution in [-0.2, 0) is 10.0 Å². The minimum absolute atomic E-state index is 0.0146. The average molecular weight is 337 g/mol. The molecule has 3 rings (SSSR count). The van der Waals surface area contributed by atoms with Crippen molar-refractivity contribution >= 4 is 21.5 Å². The molecule has 1 N–H and O–H groups in total. The van der Waals surface area contributed by atoms with Crippen LogP contribution in [0.15, 0.2) is 18.3 Å². The van der Waals surface area contributed by atoms with Crippen LogP contribution in [0.3, 0.4) is 0 Å². The number of nitrogens with one attached hydrogen (secondary N) is 1. The second-order valence-electron chi connectivity index (χ2n) is 6.45. The highest BCUT2D eigenvalue weighted by Gasteiger charge is 2.24. The van der Waals surface area contributed by atoms with Crippen LogP contribution in [-0.4, -0.2) is 48.4 Å². The summed E-state index contributed by atoms with van der Waals surface area (Å²) in [5, 5.41) is 4.37. The fraction of sp³-hybridized carbons (Fsp3) is 0.600. The van der Waals surface area contributed by atoms with Gasteiger partial charge < -0.3 is 4.90 Å². The van der Waals surface area contributed by atoms with E-state index in [0.29, 0.717) is 5.92 Å². The first-order valence-corrected chi connectivity index (χ1v) is 9.79. The van der Waals surface area contributed by atoms with Crippen molar-refractivity contribution in [2.45, 2.75) is 38.6 Å². The second-order valence-corrected chi connectivity index (χ2v) is 8.23. The molecule has 1 fully saturated rings. The van der Waals surface area contributed by atoms with Crippen molar-refractivity contribution in [3.63, 3.8) is 0 Å². The monoisotopic (exact) mass is 337 g/mol. The number of piperidine rings is 1. The third kappa shape index (κ3) is 3.64. The molecule has 0 aromatic carbocycles. The van der Waals surface area contributed by atoms with E-state index in [1.54, 1.807) is 6.20 Å². The maximum absolute atomic E-state index is 11.4. The molecule has 0 saturated carbocycles. The summed E-state index contributed by atoms with van der Waals surface area (Å²) >= 11 is 0. The van der Waals surface area contributed by atoms with Gasteiger partial charge in [0.25, 0.3) is 0 Å². The van der Waals surface area contributed by atoms with Gasteiger partial charge in [-0.1, -0.05) is 13.8 Å². The molecule has 23 heavy (non-hydrogen) atoms. The Labute approximate surface area is 136 Å². The summed E-state index contributed by atoms with van der Waals surface area (Å²) in [6.45, 7) is 5.84. The van der Waals surface area contributed by atoms with Gasteiger partial charge in [-0.15, -0.1) is 0 Å². The number of nitrogens with zero attached hydrogens (tertiary/aromatic N) is 4. The topological polar surface area (TPSA) is 79.6 Å². The van der Waals surface area contributed by atoms with Crippen LogP contribution in [0.25, 0.3) is 5.65 Å². The molecule has 0 bridgehead atoms. The van der Waals surface area contributed by atoms with Crippen LogP contribution in [0.5, 0.6) is 0 Å². The van der Waals surface area contributed by atoms with Crippen LogP contribution in [0.1, 0.15) is 38.3 Å². The number of sulfonamides is 1.